The maximum atomic E-state index is 12.9. The van der Waals surface area contributed by atoms with Crippen LogP contribution in [0.5, 0.6) is 0 Å². The molecule has 2 aliphatic rings. The molecule has 0 amide bonds. The van der Waals surface area contributed by atoms with E-state index in [-0.39, 0.29) is 0 Å². The molecule has 1 fully saturated rings. The Morgan fingerprint density at radius 2 is 1.88 bits per heavy atom. The zero-order chi connectivity index (χ0) is 17.3. The van der Waals surface area contributed by atoms with Crippen molar-refractivity contribution in [2.24, 2.45) is 0 Å². The van der Waals surface area contributed by atoms with Crippen molar-refractivity contribution in [3.8, 4) is 0 Å². The van der Waals surface area contributed by atoms with Crippen LogP contribution in [0.25, 0.3) is 0 Å². The summed E-state index contributed by atoms with van der Waals surface area (Å²) in [5.74, 6) is 0. The number of nitrogens with one attached hydrogen (secondary N) is 2. The molecule has 1 saturated heterocycles. The topological polar surface area (TPSA) is 67.4 Å². The van der Waals surface area contributed by atoms with Crippen LogP contribution in [-0.4, -0.2) is 34.6 Å². The van der Waals surface area contributed by atoms with Gasteiger partial charge in [0.05, 0.1) is 11.2 Å². The molecule has 0 radical (unpaired) electrons. The van der Waals surface area contributed by atoms with Crippen LogP contribution in [0.1, 0.15) is 18.4 Å². The van der Waals surface area contributed by atoms with Gasteiger partial charge in [-0.25, -0.2) is 0 Å². The maximum absolute atomic E-state index is 12.9. The molecule has 4 rings (SSSR count). The van der Waals surface area contributed by atoms with Gasteiger partial charge in [-0.05, 0) is 37.1 Å². The molecule has 0 bridgehead atoms. The fourth-order valence-corrected chi connectivity index (χ4v) is 5.53. The molecule has 2 N–H and O–H groups in total. The Balaban J connectivity index is 1.56. The second kappa shape index (κ2) is 6.53. The van der Waals surface area contributed by atoms with Crippen molar-refractivity contribution in [1.29, 1.82) is 0 Å². The Kier molecular flexibility index (Phi) is 4.37. The molecule has 25 heavy (non-hydrogen) atoms. The largest absolute Gasteiger partial charge is 0.593 e. The van der Waals surface area contributed by atoms with E-state index >= 15 is 0 Å². The first-order chi connectivity index (χ1) is 12.1. The second-order valence-electron chi connectivity index (χ2n) is 7.04. The van der Waals surface area contributed by atoms with Gasteiger partial charge in [-0.15, -0.1) is 4.72 Å². The minimum atomic E-state index is -3.52. The monoisotopic (exact) mass is 357 g/mol. The van der Waals surface area contributed by atoms with E-state index in [0.717, 1.165) is 25.9 Å². The van der Waals surface area contributed by atoms with Gasteiger partial charge in [0.15, 0.2) is 15.3 Å². The Morgan fingerprint density at radius 1 is 1.12 bits per heavy atom. The number of anilines is 1. The molecule has 0 aromatic heterocycles. The van der Waals surface area contributed by atoms with E-state index in [1.165, 1.54) is 5.56 Å². The van der Waals surface area contributed by atoms with Crippen molar-refractivity contribution in [1.82, 2.24) is 9.62 Å². The first-order valence-corrected chi connectivity index (χ1v) is 10.2. The summed E-state index contributed by atoms with van der Waals surface area (Å²) in [5, 5.41) is 3.36. The molecule has 0 saturated carbocycles. The number of fused-ring (bicyclic) bond motifs is 1. The number of para-hydroxylation sites is 1. The van der Waals surface area contributed by atoms with Crippen molar-refractivity contribution in [3.63, 3.8) is 0 Å². The lowest BCUT2D eigenvalue weighted by Gasteiger charge is -2.42. The minimum Gasteiger partial charge on any atom is -0.593 e. The van der Waals surface area contributed by atoms with E-state index in [2.05, 4.69) is 27.1 Å². The van der Waals surface area contributed by atoms with E-state index in [9.17, 15) is 8.76 Å². The van der Waals surface area contributed by atoms with Crippen LogP contribution >= 0.6 is 0 Å². The predicted molar refractivity (Wildman–Crippen MR) is 98.8 cm³/mol. The lowest BCUT2D eigenvalue weighted by atomic mass is 9.89. The molecule has 6 heteroatoms. The summed E-state index contributed by atoms with van der Waals surface area (Å²) in [6.45, 7) is 3.15. The van der Waals surface area contributed by atoms with Gasteiger partial charge >= 0.3 is 0 Å². The van der Waals surface area contributed by atoms with Gasteiger partial charge < -0.3 is 9.87 Å². The molecule has 132 valence electrons. The molecular weight excluding hydrogens is 334 g/mol. The molecule has 2 aromatic rings. The third-order valence-corrected chi connectivity index (χ3v) is 6.69. The highest BCUT2D eigenvalue weighted by molar-refractivity contribution is 7.96. The van der Waals surface area contributed by atoms with Gasteiger partial charge in [0.25, 0.3) is 0 Å². The number of hydrogen-bond acceptors (Lipinski definition) is 4. The molecule has 5 nitrogen and oxygen atoms in total. The SMILES string of the molecule is O=[S+]1([O-])NC2(CCCN(Cc3ccccc3)C2)CNc2ccccc21. The number of rotatable bonds is 2. The predicted octanol–water partition coefficient (Wildman–Crippen LogP) is 2.64. The molecule has 2 atom stereocenters. The van der Waals surface area contributed by atoms with E-state index in [1.54, 1.807) is 12.1 Å². The summed E-state index contributed by atoms with van der Waals surface area (Å²) in [4.78, 5) is 2.69. The minimum absolute atomic E-state index is 0.340. The van der Waals surface area contributed by atoms with Crippen molar-refractivity contribution in [3.05, 3.63) is 60.2 Å². The van der Waals surface area contributed by atoms with Crippen molar-refractivity contribution in [2.75, 3.05) is 25.0 Å². The molecule has 2 aliphatic heterocycles. The second-order valence-corrected chi connectivity index (χ2v) is 8.69. The summed E-state index contributed by atoms with van der Waals surface area (Å²) in [7, 11) is -3.52. The van der Waals surface area contributed by atoms with Gasteiger partial charge in [-0.1, -0.05) is 46.7 Å². The zero-order valence-electron chi connectivity index (χ0n) is 14.1. The van der Waals surface area contributed by atoms with Gasteiger partial charge in [0.2, 0.25) is 0 Å². The van der Waals surface area contributed by atoms with Crippen molar-refractivity contribution >= 4 is 16.1 Å². The Hall–Kier alpha value is -1.73. The van der Waals surface area contributed by atoms with Crippen LogP contribution in [0, 0.1) is 0 Å². The number of nitrogens with zero attached hydrogens (tertiary/aromatic N) is 1. The number of piperidine rings is 1. The van der Waals surface area contributed by atoms with E-state index < -0.39 is 15.9 Å². The first kappa shape index (κ1) is 16.7. The summed E-state index contributed by atoms with van der Waals surface area (Å²) in [6, 6.07) is 17.5. The average Bonchev–Trinajstić information content (AvgIpc) is 2.71. The number of benzene rings is 2. The Morgan fingerprint density at radius 3 is 2.72 bits per heavy atom. The van der Waals surface area contributed by atoms with Gasteiger partial charge in [0.1, 0.15) is 0 Å². The molecule has 2 unspecified atom stereocenters. The summed E-state index contributed by atoms with van der Waals surface area (Å²) in [6.07, 6.45) is 1.83. The highest BCUT2D eigenvalue weighted by atomic mass is 32.3. The first-order valence-electron chi connectivity index (χ1n) is 8.70. The molecular formula is C19H23N3O2S. The highest BCUT2D eigenvalue weighted by Crippen LogP contribution is 2.33. The molecule has 0 aliphatic carbocycles. The molecule has 1 spiro atoms. The Labute approximate surface area is 149 Å². The lowest BCUT2D eigenvalue weighted by Crippen LogP contribution is -2.62. The standard InChI is InChI=1S/C19H23N3O2S/c23-25(24)18-10-5-4-9-17(18)20-14-19(21-25)11-6-12-22(15-19)13-16-7-2-1-3-8-16/h1-5,7-10,20H,6,11-15H2,(H-,21,23,24). The third-order valence-electron chi connectivity index (χ3n) is 5.05. The summed E-state index contributed by atoms with van der Waals surface area (Å²) < 4.78 is 28.7. The fraction of sp³-hybridized carbons (Fsp3) is 0.368. The van der Waals surface area contributed by atoms with Crippen LogP contribution in [0.15, 0.2) is 59.5 Å². The molecule has 2 heterocycles. The highest BCUT2D eigenvalue weighted by Gasteiger charge is 2.44. The van der Waals surface area contributed by atoms with Crippen LogP contribution in [0.4, 0.5) is 5.69 Å². The smallest absolute Gasteiger partial charge is 0.198 e. The third kappa shape index (κ3) is 3.48. The van der Waals surface area contributed by atoms with Crippen molar-refractivity contribution < 1.29 is 8.76 Å². The zero-order valence-corrected chi connectivity index (χ0v) is 14.9. The van der Waals surface area contributed by atoms with Gasteiger partial charge in [-0.2, -0.15) is 0 Å². The summed E-state index contributed by atoms with van der Waals surface area (Å²) >= 11 is 0. The van der Waals surface area contributed by atoms with Crippen LogP contribution < -0.4 is 10.0 Å². The molecule has 2 aromatic carbocycles. The summed E-state index contributed by atoms with van der Waals surface area (Å²) in [5.41, 5.74) is 1.48. The van der Waals surface area contributed by atoms with E-state index in [4.69, 9.17) is 0 Å². The number of likely N-dealkylation sites (tertiary alicyclic amines) is 1. The van der Waals surface area contributed by atoms with Crippen molar-refractivity contribution in [2.45, 2.75) is 29.8 Å². The van der Waals surface area contributed by atoms with Crippen LogP contribution in [0.3, 0.4) is 0 Å². The normalized spacial score (nSPS) is 29.6. The van der Waals surface area contributed by atoms with E-state index in [1.807, 2.05) is 30.3 Å². The van der Waals surface area contributed by atoms with Crippen LogP contribution in [0.2, 0.25) is 0 Å². The van der Waals surface area contributed by atoms with Gasteiger partial charge in [0, 0.05) is 19.6 Å². The van der Waals surface area contributed by atoms with Gasteiger partial charge in [-0.3, -0.25) is 4.90 Å². The van der Waals surface area contributed by atoms with E-state index in [0.29, 0.717) is 23.7 Å². The quantitative estimate of drug-likeness (QED) is 0.811. The number of hydrogen-bond donors (Lipinski definition) is 2. The van der Waals surface area contributed by atoms with Crippen LogP contribution in [-0.2, 0) is 21.2 Å². The maximum Gasteiger partial charge on any atom is 0.198 e. The average molecular weight is 357 g/mol. The fourth-order valence-electron chi connectivity index (χ4n) is 3.92. The number of sulfonamides is 1. The lowest BCUT2D eigenvalue weighted by molar-refractivity contribution is 0.137. The Bertz CT molecular complexity index is 798.